The topological polar surface area (TPSA) is 21.3 Å². The molecule has 2 nitrogen and oxygen atoms in total. The molecule has 0 amide bonds. The normalized spacial score (nSPS) is 24.2. The molecule has 1 N–H and O–H groups in total. The summed E-state index contributed by atoms with van der Waals surface area (Å²) >= 11 is 0. The first kappa shape index (κ1) is 14.2. The van der Waals surface area contributed by atoms with E-state index in [9.17, 15) is 13.2 Å². The minimum Gasteiger partial charge on any atom is -0.488 e. The van der Waals surface area contributed by atoms with Gasteiger partial charge in [-0.2, -0.15) is 13.2 Å². The van der Waals surface area contributed by atoms with Crippen LogP contribution in [-0.4, -0.2) is 19.2 Å². The zero-order valence-electron chi connectivity index (χ0n) is 10.8. The second-order valence-electron chi connectivity index (χ2n) is 4.83. The van der Waals surface area contributed by atoms with Crippen molar-refractivity contribution in [1.29, 1.82) is 0 Å². The number of para-hydroxylation sites is 1. The molecule has 1 saturated carbocycles. The van der Waals surface area contributed by atoms with Crippen molar-refractivity contribution in [2.45, 2.75) is 44.0 Å². The Labute approximate surface area is 111 Å². The molecular weight excluding hydrogens is 255 g/mol. The Kier molecular flexibility index (Phi) is 4.34. The van der Waals surface area contributed by atoms with Gasteiger partial charge in [-0.05, 0) is 38.4 Å². The summed E-state index contributed by atoms with van der Waals surface area (Å²) in [6.45, 7) is 0. The molecule has 2 atom stereocenters. The minimum atomic E-state index is -4.37. The van der Waals surface area contributed by atoms with E-state index in [4.69, 9.17) is 4.74 Å². The second-order valence-corrected chi connectivity index (χ2v) is 4.83. The summed E-state index contributed by atoms with van der Waals surface area (Å²) < 4.78 is 44.3. The minimum absolute atomic E-state index is 0.0675. The highest BCUT2D eigenvalue weighted by Crippen LogP contribution is 2.37. The Morgan fingerprint density at radius 3 is 2.53 bits per heavy atom. The van der Waals surface area contributed by atoms with Crippen LogP contribution in [0.1, 0.15) is 31.2 Å². The van der Waals surface area contributed by atoms with E-state index >= 15 is 0 Å². The number of alkyl halides is 3. The van der Waals surface area contributed by atoms with Gasteiger partial charge in [-0.15, -0.1) is 0 Å². The third-order valence-corrected chi connectivity index (χ3v) is 3.54. The molecule has 1 aromatic rings. The third kappa shape index (κ3) is 3.41. The highest BCUT2D eigenvalue weighted by Gasteiger charge is 2.35. The van der Waals surface area contributed by atoms with Crippen LogP contribution >= 0.6 is 0 Å². The highest BCUT2D eigenvalue weighted by molar-refractivity contribution is 5.35. The maximum atomic E-state index is 12.9. The average Bonchev–Trinajstić information content (AvgIpc) is 2.39. The molecule has 0 saturated heterocycles. The van der Waals surface area contributed by atoms with Gasteiger partial charge in [0, 0.05) is 6.04 Å². The maximum Gasteiger partial charge on any atom is 0.419 e. The lowest BCUT2D eigenvalue weighted by Crippen LogP contribution is -2.43. The number of rotatable bonds is 3. The van der Waals surface area contributed by atoms with Gasteiger partial charge in [0.15, 0.2) is 0 Å². The summed E-state index contributed by atoms with van der Waals surface area (Å²) in [5, 5.41) is 3.13. The second kappa shape index (κ2) is 5.82. The van der Waals surface area contributed by atoms with E-state index in [0.29, 0.717) is 0 Å². The summed E-state index contributed by atoms with van der Waals surface area (Å²) in [7, 11) is 1.82. The van der Waals surface area contributed by atoms with Crippen molar-refractivity contribution in [2.24, 2.45) is 0 Å². The monoisotopic (exact) mass is 273 g/mol. The Balaban J connectivity index is 2.18. The van der Waals surface area contributed by atoms with Crippen LogP contribution in [0, 0.1) is 0 Å². The fourth-order valence-electron chi connectivity index (χ4n) is 2.53. The van der Waals surface area contributed by atoms with Gasteiger partial charge in [0.1, 0.15) is 11.9 Å². The molecule has 0 aromatic heterocycles. The van der Waals surface area contributed by atoms with Crippen molar-refractivity contribution < 1.29 is 17.9 Å². The van der Waals surface area contributed by atoms with Crippen molar-refractivity contribution in [3.63, 3.8) is 0 Å². The van der Waals surface area contributed by atoms with Crippen LogP contribution in [-0.2, 0) is 6.18 Å². The molecule has 2 rings (SSSR count). The van der Waals surface area contributed by atoms with Crippen molar-refractivity contribution in [3.05, 3.63) is 29.8 Å². The number of hydrogen-bond acceptors (Lipinski definition) is 2. The van der Waals surface area contributed by atoms with Crippen LogP contribution in [0.5, 0.6) is 5.75 Å². The summed E-state index contributed by atoms with van der Waals surface area (Å²) in [6, 6.07) is 5.53. The van der Waals surface area contributed by atoms with Gasteiger partial charge in [-0.25, -0.2) is 0 Å². The van der Waals surface area contributed by atoms with Crippen LogP contribution in [0.4, 0.5) is 13.2 Å². The molecule has 5 heteroatoms. The molecule has 0 spiro atoms. The quantitative estimate of drug-likeness (QED) is 0.908. The number of benzene rings is 1. The maximum absolute atomic E-state index is 12.9. The predicted molar refractivity (Wildman–Crippen MR) is 67.2 cm³/mol. The van der Waals surface area contributed by atoms with Gasteiger partial charge in [0.2, 0.25) is 0 Å². The number of ether oxygens (including phenoxy) is 1. The Bertz CT molecular complexity index is 419. The van der Waals surface area contributed by atoms with E-state index in [2.05, 4.69) is 5.32 Å². The lowest BCUT2D eigenvalue weighted by atomic mass is 9.92. The Morgan fingerprint density at radius 1 is 1.16 bits per heavy atom. The molecule has 1 aromatic carbocycles. The molecule has 2 unspecified atom stereocenters. The first-order valence-corrected chi connectivity index (χ1v) is 6.52. The number of halogens is 3. The molecule has 0 aliphatic heterocycles. The van der Waals surface area contributed by atoms with Crippen LogP contribution in [0.2, 0.25) is 0 Å². The molecule has 1 fully saturated rings. The number of hydrogen-bond donors (Lipinski definition) is 1. The largest absolute Gasteiger partial charge is 0.488 e. The van der Waals surface area contributed by atoms with E-state index in [1.165, 1.54) is 12.1 Å². The molecule has 0 heterocycles. The van der Waals surface area contributed by atoms with Crippen molar-refractivity contribution >= 4 is 0 Å². The van der Waals surface area contributed by atoms with Gasteiger partial charge in [-0.1, -0.05) is 18.6 Å². The summed E-state index contributed by atoms with van der Waals surface area (Å²) in [5.74, 6) is -0.0675. The van der Waals surface area contributed by atoms with E-state index in [-0.39, 0.29) is 17.9 Å². The van der Waals surface area contributed by atoms with E-state index < -0.39 is 11.7 Å². The fraction of sp³-hybridized carbons (Fsp3) is 0.571. The van der Waals surface area contributed by atoms with Crippen LogP contribution in [0.3, 0.4) is 0 Å². The van der Waals surface area contributed by atoms with E-state index in [1.54, 1.807) is 6.07 Å². The average molecular weight is 273 g/mol. The molecule has 106 valence electrons. The molecule has 1 aliphatic rings. The van der Waals surface area contributed by atoms with Gasteiger partial charge < -0.3 is 10.1 Å². The van der Waals surface area contributed by atoms with E-state index in [1.807, 2.05) is 7.05 Å². The molecule has 0 radical (unpaired) electrons. The highest BCUT2D eigenvalue weighted by atomic mass is 19.4. The van der Waals surface area contributed by atoms with Gasteiger partial charge in [0.25, 0.3) is 0 Å². The lowest BCUT2D eigenvalue weighted by Gasteiger charge is -2.32. The zero-order chi connectivity index (χ0) is 13.9. The summed E-state index contributed by atoms with van der Waals surface area (Å²) in [5.41, 5.74) is -0.699. The van der Waals surface area contributed by atoms with Gasteiger partial charge in [-0.3, -0.25) is 0 Å². The molecule has 0 bridgehead atoms. The molecule has 1 aliphatic carbocycles. The standard InChI is InChI=1S/C14H18F3NO/c1-18-11-7-3-5-9-13(11)19-12-8-4-2-6-10(12)14(15,16)17/h2,4,6,8,11,13,18H,3,5,7,9H2,1H3. The van der Waals surface area contributed by atoms with Gasteiger partial charge in [0.05, 0.1) is 5.56 Å². The van der Waals surface area contributed by atoms with Crippen molar-refractivity contribution in [2.75, 3.05) is 7.05 Å². The summed E-state index contributed by atoms with van der Waals surface area (Å²) in [6.07, 6.45) is -0.751. The smallest absolute Gasteiger partial charge is 0.419 e. The van der Waals surface area contributed by atoms with Crippen molar-refractivity contribution in [1.82, 2.24) is 5.32 Å². The first-order valence-electron chi connectivity index (χ1n) is 6.52. The van der Waals surface area contributed by atoms with Crippen LogP contribution in [0.25, 0.3) is 0 Å². The Morgan fingerprint density at radius 2 is 1.84 bits per heavy atom. The molecular formula is C14H18F3NO. The Hall–Kier alpha value is -1.23. The van der Waals surface area contributed by atoms with Gasteiger partial charge >= 0.3 is 6.18 Å². The van der Waals surface area contributed by atoms with Crippen LogP contribution < -0.4 is 10.1 Å². The lowest BCUT2D eigenvalue weighted by molar-refractivity contribution is -0.139. The number of likely N-dealkylation sites (N-methyl/N-ethyl adjacent to an activating group) is 1. The predicted octanol–water partition coefficient (Wildman–Crippen LogP) is 3.61. The first-order chi connectivity index (χ1) is 9.02. The van der Waals surface area contributed by atoms with Crippen LogP contribution in [0.15, 0.2) is 24.3 Å². The van der Waals surface area contributed by atoms with Crippen molar-refractivity contribution in [3.8, 4) is 5.75 Å². The number of nitrogens with one attached hydrogen (secondary N) is 1. The molecule has 19 heavy (non-hydrogen) atoms. The SMILES string of the molecule is CNC1CCCCC1Oc1ccccc1C(F)(F)F. The summed E-state index contributed by atoms with van der Waals surface area (Å²) in [4.78, 5) is 0. The third-order valence-electron chi connectivity index (χ3n) is 3.54. The zero-order valence-corrected chi connectivity index (χ0v) is 10.8. The van der Waals surface area contributed by atoms with E-state index in [0.717, 1.165) is 31.7 Å². The fourth-order valence-corrected chi connectivity index (χ4v) is 2.53.